The molecule has 1 aromatic heterocycles. The van der Waals surface area contributed by atoms with Crippen molar-refractivity contribution < 1.29 is 0 Å². The van der Waals surface area contributed by atoms with Gasteiger partial charge in [-0.2, -0.15) is 0 Å². The molecule has 0 fully saturated rings. The molecule has 0 aliphatic rings. The van der Waals surface area contributed by atoms with Gasteiger partial charge in [-0.05, 0) is 23.6 Å². The molecule has 0 atom stereocenters. The van der Waals surface area contributed by atoms with Gasteiger partial charge in [0.2, 0.25) is 0 Å². The van der Waals surface area contributed by atoms with Crippen LogP contribution in [-0.4, -0.2) is 10.4 Å². The molecule has 0 amide bonds. The van der Waals surface area contributed by atoms with Crippen molar-refractivity contribution in [2.45, 2.75) is 13.0 Å². The number of nitrogens with zero attached hydrogens (tertiary/aromatic N) is 1. The van der Waals surface area contributed by atoms with Gasteiger partial charge < -0.3 is 4.57 Å². The Hall–Kier alpha value is -2.06. The molecular weight excluding hydrogens is 282 g/mol. The van der Waals surface area contributed by atoms with Crippen molar-refractivity contribution in [2.24, 2.45) is 0 Å². The Bertz CT molecular complexity index is 808. The lowest BCUT2D eigenvalue weighted by Crippen LogP contribution is -2.20. The summed E-state index contributed by atoms with van der Waals surface area (Å²) < 4.78 is 1.81. The molecule has 0 radical (unpaired) electrons. The number of aromatic nitrogens is 1. The van der Waals surface area contributed by atoms with E-state index in [-0.39, 0.29) is 5.56 Å². The lowest BCUT2D eigenvalue weighted by Gasteiger charge is -2.13. The third-order valence-corrected chi connectivity index (χ3v) is 3.89. The number of fused-ring (bicyclic) bond motifs is 1. The molecule has 106 valence electrons. The summed E-state index contributed by atoms with van der Waals surface area (Å²) in [5.74, 6) is 0.557. The molecule has 21 heavy (non-hydrogen) atoms. The van der Waals surface area contributed by atoms with Crippen LogP contribution in [0.1, 0.15) is 6.42 Å². The van der Waals surface area contributed by atoms with Crippen LogP contribution < -0.4 is 5.56 Å². The van der Waals surface area contributed by atoms with E-state index < -0.39 is 0 Å². The number of para-hydroxylation sites is 1. The Morgan fingerprint density at radius 1 is 0.952 bits per heavy atom. The van der Waals surface area contributed by atoms with Crippen molar-refractivity contribution >= 4 is 22.5 Å². The molecule has 3 aromatic rings. The Labute approximate surface area is 128 Å². The average molecular weight is 298 g/mol. The molecule has 3 heteroatoms. The average Bonchev–Trinajstić information content (AvgIpc) is 2.54. The van der Waals surface area contributed by atoms with Crippen LogP contribution in [0.5, 0.6) is 0 Å². The van der Waals surface area contributed by atoms with E-state index >= 15 is 0 Å². The number of hydrogen-bond acceptors (Lipinski definition) is 1. The lowest BCUT2D eigenvalue weighted by molar-refractivity contribution is 0.682. The fourth-order valence-corrected chi connectivity index (χ4v) is 2.76. The van der Waals surface area contributed by atoms with Crippen LogP contribution in [0.2, 0.25) is 0 Å². The first-order valence-corrected chi connectivity index (χ1v) is 7.58. The predicted octanol–water partition coefficient (Wildman–Crippen LogP) is 4.30. The summed E-state index contributed by atoms with van der Waals surface area (Å²) in [6.07, 6.45) is 0.788. The number of alkyl halides is 1. The third-order valence-electron chi connectivity index (χ3n) is 3.62. The minimum Gasteiger partial charge on any atom is -0.308 e. The zero-order chi connectivity index (χ0) is 14.7. The molecule has 1 heterocycles. The Kier molecular flexibility index (Phi) is 4.07. The molecule has 0 saturated heterocycles. The van der Waals surface area contributed by atoms with E-state index in [2.05, 4.69) is 6.07 Å². The summed E-state index contributed by atoms with van der Waals surface area (Å²) in [5.41, 5.74) is 3.04. The van der Waals surface area contributed by atoms with Crippen molar-refractivity contribution in [3.8, 4) is 11.1 Å². The molecule has 0 bridgehead atoms. The van der Waals surface area contributed by atoms with Gasteiger partial charge in [0.15, 0.2) is 0 Å². The van der Waals surface area contributed by atoms with E-state index in [1.807, 2.05) is 53.1 Å². The molecule has 3 rings (SSSR count). The number of pyridine rings is 1. The SMILES string of the molecule is O=c1cc(-c2ccccc2)c2ccccc2n1CCCCl. The molecule has 0 unspecified atom stereocenters. The summed E-state index contributed by atoms with van der Waals surface area (Å²) in [6, 6.07) is 19.8. The van der Waals surface area contributed by atoms with Crippen LogP contribution in [0, 0.1) is 0 Å². The highest BCUT2D eigenvalue weighted by atomic mass is 35.5. The standard InChI is InChI=1S/C18H16ClNO/c19-11-6-12-20-17-10-5-4-9-15(17)16(13-18(20)21)14-7-2-1-3-8-14/h1-5,7-10,13H,6,11-12H2. The molecule has 2 aromatic carbocycles. The fraction of sp³-hybridized carbons (Fsp3) is 0.167. The van der Waals surface area contributed by atoms with E-state index in [1.165, 1.54) is 0 Å². The van der Waals surface area contributed by atoms with Crippen molar-refractivity contribution in [2.75, 3.05) is 5.88 Å². The topological polar surface area (TPSA) is 22.0 Å². The summed E-state index contributed by atoms with van der Waals surface area (Å²) in [5, 5.41) is 1.10. The van der Waals surface area contributed by atoms with Crippen LogP contribution in [-0.2, 0) is 6.54 Å². The van der Waals surface area contributed by atoms with Crippen molar-refractivity contribution in [1.82, 2.24) is 4.57 Å². The number of halogens is 1. The highest BCUT2D eigenvalue weighted by Gasteiger charge is 2.09. The largest absolute Gasteiger partial charge is 0.308 e. The Morgan fingerprint density at radius 2 is 1.67 bits per heavy atom. The van der Waals surface area contributed by atoms with E-state index in [0.717, 1.165) is 28.5 Å². The Balaban J connectivity index is 2.27. The van der Waals surface area contributed by atoms with Gasteiger partial charge in [-0.25, -0.2) is 0 Å². The van der Waals surface area contributed by atoms with Gasteiger partial charge >= 0.3 is 0 Å². The maximum atomic E-state index is 12.5. The second-order valence-corrected chi connectivity index (χ2v) is 5.35. The second kappa shape index (κ2) is 6.15. The highest BCUT2D eigenvalue weighted by Crippen LogP contribution is 2.26. The van der Waals surface area contributed by atoms with E-state index in [0.29, 0.717) is 12.4 Å². The number of hydrogen-bond donors (Lipinski definition) is 0. The van der Waals surface area contributed by atoms with Gasteiger partial charge in [-0.1, -0.05) is 48.5 Å². The predicted molar refractivity (Wildman–Crippen MR) is 89.0 cm³/mol. The first-order valence-electron chi connectivity index (χ1n) is 7.05. The molecule has 0 spiro atoms. The van der Waals surface area contributed by atoms with Gasteiger partial charge in [0.05, 0.1) is 5.52 Å². The maximum Gasteiger partial charge on any atom is 0.251 e. The van der Waals surface area contributed by atoms with Crippen molar-refractivity contribution in [3.05, 3.63) is 71.0 Å². The summed E-state index contributed by atoms with van der Waals surface area (Å²) >= 11 is 5.77. The van der Waals surface area contributed by atoms with Crippen LogP contribution in [0.15, 0.2) is 65.5 Å². The van der Waals surface area contributed by atoms with E-state index in [1.54, 1.807) is 6.07 Å². The first-order chi connectivity index (χ1) is 10.3. The van der Waals surface area contributed by atoms with Gasteiger partial charge in [0, 0.05) is 23.9 Å². The lowest BCUT2D eigenvalue weighted by atomic mass is 10.0. The van der Waals surface area contributed by atoms with Gasteiger partial charge in [-0.3, -0.25) is 4.79 Å². The third kappa shape index (κ3) is 2.72. The molecule has 0 saturated carbocycles. The van der Waals surface area contributed by atoms with Crippen molar-refractivity contribution in [1.29, 1.82) is 0 Å². The molecule has 0 aliphatic heterocycles. The van der Waals surface area contributed by atoms with Gasteiger partial charge in [0.25, 0.3) is 5.56 Å². The minimum atomic E-state index is 0.0256. The van der Waals surface area contributed by atoms with Crippen LogP contribution in [0.25, 0.3) is 22.0 Å². The van der Waals surface area contributed by atoms with Crippen molar-refractivity contribution in [3.63, 3.8) is 0 Å². The normalized spacial score (nSPS) is 10.9. The number of aryl methyl sites for hydroxylation is 1. The quantitative estimate of drug-likeness (QED) is 0.658. The van der Waals surface area contributed by atoms with Gasteiger partial charge in [0.1, 0.15) is 0 Å². The first kappa shape index (κ1) is 13.9. The monoisotopic (exact) mass is 297 g/mol. The zero-order valence-electron chi connectivity index (χ0n) is 11.6. The number of benzene rings is 2. The summed E-state index contributed by atoms with van der Waals surface area (Å²) in [4.78, 5) is 12.5. The molecular formula is C18H16ClNO. The molecule has 0 N–H and O–H groups in total. The van der Waals surface area contributed by atoms with Crippen LogP contribution in [0.3, 0.4) is 0 Å². The van der Waals surface area contributed by atoms with Crippen LogP contribution >= 0.6 is 11.6 Å². The Morgan fingerprint density at radius 3 is 2.43 bits per heavy atom. The van der Waals surface area contributed by atoms with E-state index in [9.17, 15) is 4.79 Å². The maximum absolute atomic E-state index is 12.5. The number of rotatable bonds is 4. The van der Waals surface area contributed by atoms with E-state index in [4.69, 9.17) is 11.6 Å². The smallest absolute Gasteiger partial charge is 0.251 e. The minimum absolute atomic E-state index is 0.0256. The van der Waals surface area contributed by atoms with Gasteiger partial charge in [-0.15, -0.1) is 11.6 Å². The summed E-state index contributed by atoms with van der Waals surface area (Å²) in [6.45, 7) is 0.651. The molecule has 0 aliphatic carbocycles. The molecule has 2 nitrogen and oxygen atoms in total. The zero-order valence-corrected chi connectivity index (χ0v) is 12.4. The summed E-state index contributed by atoms with van der Waals surface area (Å²) in [7, 11) is 0. The van der Waals surface area contributed by atoms with Crippen LogP contribution in [0.4, 0.5) is 0 Å². The highest BCUT2D eigenvalue weighted by molar-refractivity contribution is 6.17. The second-order valence-electron chi connectivity index (χ2n) is 4.97. The fourth-order valence-electron chi connectivity index (χ4n) is 2.64.